The van der Waals surface area contributed by atoms with Gasteiger partial charge < -0.3 is 5.41 Å². The molecule has 1 fully saturated rings. The van der Waals surface area contributed by atoms with Gasteiger partial charge in [-0.05, 0) is 74.5 Å². The largest absolute Gasteiger partial charge is 0.310 e. The van der Waals surface area contributed by atoms with Crippen molar-refractivity contribution in [2.75, 3.05) is 0 Å². The van der Waals surface area contributed by atoms with Crippen molar-refractivity contribution in [1.82, 2.24) is 0 Å². The van der Waals surface area contributed by atoms with Crippen molar-refractivity contribution < 1.29 is 9.59 Å². The Bertz CT molecular complexity index is 1050. The van der Waals surface area contributed by atoms with Crippen LogP contribution in [0.1, 0.15) is 180 Å². The van der Waals surface area contributed by atoms with Crippen molar-refractivity contribution in [2.24, 2.45) is 11.3 Å². The van der Waals surface area contributed by atoms with Gasteiger partial charge in [0.2, 0.25) is 0 Å². The third kappa shape index (κ3) is 24.8. The van der Waals surface area contributed by atoms with E-state index in [0.29, 0.717) is 17.5 Å². The van der Waals surface area contributed by atoms with E-state index in [4.69, 9.17) is 5.41 Å². The van der Waals surface area contributed by atoms with Crippen LogP contribution in [0.15, 0.2) is 42.5 Å². The molecule has 2 aromatic carbocycles. The smallest absolute Gasteiger partial charge is 0.162 e. The number of nitrogens with one attached hydrogen (secondary N) is 1. The van der Waals surface area contributed by atoms with Crippen molar-refractivity contribution >= 4 is 17.3 Å². The molecule has 1 N–H and O–H groups in total. The molecule has 44 heavy (non-hydrogen) atoms. The van der Waals surface area contributed by atoms with Gasteiger partial charge in [-0.2, -0.15) is 0 Å². The lowest BCUT2D eigenvalue weighted by Gasteiger charge is -2.22. The number of carbonyl (C=O) groups excluding carboxylic acids is 2. The van der Waals surface area contributed by atoms with Crippen molar-refractivity contribution in [2.45, 2.75) is 161 Å². The lowest BCUT2D eigenvalue weighted by atomic mass is 9.82. The Kier molecular flexibility index (Phi) is 25.8. The fourth-order valence-electron chi connectivity index (χ4n) is 3.72. The zero-order valence-electron chi connectivity index (χ0n) is 31.9. The first kappa shape index (κ1) is 45.9. The standard InChI is InChI=1S/C14H20O.C10H12O.C8H18.C4H8.C3H7N.C2H6/c1-6-11-7-8-13(14(3,4)5)12(9-11)10(2)15;1-3-10(11)9-6-4-8(2)5-7-9;1-5-7-8(3,4)6-2;1-4-2-3-4;1-3(2)4;1-2/h7-9H,6H2,1-5H3;4-7H,3H2,1-2H3;5-7H2,1-4H3;4H,2-3H2,1H3;4H,1-2H3;1-2H3. The van der Waals surface area contributed by atoms with Gasteiger partial charge in [-0.1, -0.05) is 151 Å². The molecule has 0 heterocycles. The highest BCUT2D eigenvalue weighted by molar-refractivity contribution is 5.96. The SMILES string of the molecule is CC.CC(C)=N.CC1CC1.CCC(=O)c1ccc(C)cc1.CCCC(C)(C)CC.CCc1ccc(C(C)(C)C)c(C(C)=O)c1. The molecular weight excluding hydrogens is 538 g/mol. The summed E-state index contributed by atoms with van der Waals surface area (Å²) in [4.78, 5) is 22.7. The Hall–Kier alpha value is -2.55. The van der Waals surface area contributed by atoms with Crippen LogP contribution in [0.3, 0.4) is 0 Å². The maximum absolute atomic E-state index is 11.6. The molecule has 1 aliphatic rings. The second-order valence-electron chi connectivity index (χ2n) is 13.6. The summed E-state index contributed by atoms with van der Waals surface area (Å²) in [6, 6.07) is 13.9. The minimum Gasteiger partial charge on any atom is -0.310 e. The average molecular weight is 610 g/mol. The fourth-order valence-corrected chi connectivity index (χ4v) is 3.72. The topological polar surface area (TPSA) is 58.0 Å². The number of aryl methyl sites for hydroxylation is 2. The van der Waals surface area contributed by atoms with Crippen molar-refractivity contribution in [3.05, 3.63) is 70.3 Å². The van der Waals surface area contributed by atoms with Gasteiger partial charge in [-0.15, -0.1) is 0 Å². The molecule has 252 valence electrons. The molecule has 2 aromatic rings. The predicted octanol–water partition coefficient (Wildman–Crippen LogP) is 13.0. The molecule has 0 radical (unpaired) electrons. The summed E-state index contributed by atoms with van der Waals surface area (Å²) < 4.78 is 0. The van der Waals surface area contributed by atoms with Gasteiger partial charge in [-0.25, -0.2) is 0 Å². The van der Waals surface area contributed by atoms with Gasteiger partial charge in [0.15, 0.2) is 11.6 Å². The molecule has 0 unspecified atom stereocenters. The van der Waals surface area contributed by atoms with E-state index < -0.39 is 0 Å². The number of benzene rings is 2. The van der Waals surface area contributed by atoms with Crippen LogP contribution in [-0.4, -0.2) is 17.3 Å². The van der Waals surface area contributed by atoms with Crippen molar-refractivity contribution in [3.8, 4) is 0 Å². The number of Topliss-reactive ketones (excluding diaryl/α,β-unsaturated/α-hetero) is 2. The molecule has 1 saturated carbocycles. The molecule has 3 nitrogen and oxygen atoms in total. The fraction of sp³-hybridized carbons (Fsp3) is 0.634. The van der Waals surface area contributed by atoms with Crippen molar-refractivity contribution in [3.63, 3.8) is 0 Å². The van der Waals surface area contributed by atoms with E-state index in [9.17, 15) is 9.59 Å². The van der Waals surface area contributed by atoms with Gasteiger partial charge in [-0.3, -0.25) is 9.59 Å². The highest BCUT2D eigenvalue weighted by atomic mass is 16.1. The van der Waals surface area contributed by atoms with Gasteiger partial charge >= 0.3 is 0 Å². The summed E-state index contributed by atoms with van der Waals surface area (Å²) in [5.41, 5.74) is 6.56. The van der Waals surface area contributed by atoms with E-state index in [0.717, 1.165) is 29.0 Å². The zero-order chi connectivity index (χ0) is 35.1. The highest BCUT2D eigenvalue weighted by Gasteiger charge is 2.20. The lowest BCUT2D eigenvalue weighted by Crippen LogP contribution is -2.16. The van der Waals surface area contributed by atoms with Crippen LogP contribution in [0.4, 0.5) is 0 Å². The zero-order valence-corrected chi connectivity index (χ0v) is 31.9. The summed E-state index contributed by atoms with van der Waals surface area (Å²) in [6.07, 6.45) is 8.53. The molecule has 3 heteroatoms. The van der Waals surface area contributed by atoms with E-state index in [2.05, 4.69) is 74.4 Å². The average Bonchev–Trinajstić information content (AvgIpc) is 3.75. The molecular formula is C41H71NO2. The van der Waals surface area contributed by atoms with Gasteiger partial charge in [0.1, 0.15) is 0 Å². The Morgan fingerprint density at radius 2 is 1.30 bits per heavy atom. The van der Waals surface area contributed by atoms with Crippen LogP contribution in [0.2, 0.25) is 0 Å². The first-order valence-electron chi connectivity index (χ1n) is 17.1. The molecule has 1 aliphatic carbocycles. The Morgan fingerprint density at radius 1 is 0.841 bits per heavy atom. The van der Waals surface area contributed by atoms with Crippen LogP contribution in [0, 0.1) is 23.7 Å². The Morgan fingerprint density at radius 3 is 1.57 bits per heavy atom. The molecule has 0 aromatic heterocycles. The summed E-state index contributed by atoms with van der Waals surface area (Å²) in [5, 5.41) is 6.50. The minimum absolute atomic E-state index is 0.0350. The minimum atomic E-state index is 0.0350. The first-order valence-corrected chi connectivity index (χ1v) is 17.1. The van der Waals surface area contributed by atoms with Gasteiger partial charge in [0.25, 0.3) is 0 Å². The Balaban J connectivity index is -0.000000510. The lowest BCUT2D eigenvalue weighted by molar-refractivity contribution is 0.0985. The Labute approximate surface area is 274 Å². The van der Waals surface area contributed by atoms with Crippen LogP contribution in [0.5, 0.6) is 0 Å². The van der Waals surface area contributed by atoms with Crippen LogP contribution >= 0.6 is 0 Å². The second kappa shape index (κ2) is 24.7. The van der Waals surface area contributed by atoms with Gasteiger partial charge in [0, 0.05) is 23.3 Å². The van der Waals surface area contributed by atoms with Crippen LogP contribution < -0.4 is 0 Å². The van der Waals surface area contributed by atoms with Crippen molar-refractivity contribution in [1.29, 1.82) is 5.41 Å². The molecule has 0 amide bonds. The first-order chi connectivity index (χ1) is 20.3. The van der Waals surface area contributed by atoms with Crippen LogP contribution in [0.25, 0.3) is 0 Å². The van der Waals surface area contributed by atoms with E-state index >= 15 is 0 Å². The third-order valence-electron chi connectivity index (χ3n) is 7.12. The maximum atomic E-state index is 11.6. The molecule has 0 aliphatic heterocycles. The summed E-state index contributed by atoms with van der Waals surface area (Å²) >= 11 is 0. The van der Waals surface area contributed by atoms with E-state index in [1.54, 1.807) is 20.8 Å². The molecule has 3 rings (SSSR count). The monoisotopic (exact) mass is 610 g/mol. The number of carbonyl (C=O) groups is 2. The molecule has 0 atom stereocenters. The number of rotatable bonds is 7. The number of hydrogen-bond donors (Lipinski definition) is 1. The second-order valence-corrected chi connectivity index (χ2v) is 13.6. The van der Waals surface area contributed by atoms with E-state index in [1.165, 1.54) is 43.2 Å². The van der Waals surface area contributed by atoms with Crippen LogP contribution in [-0.2, 0) is 11.8 Å². The number of ketones is 2. The predicted molar refractivity (Wildman–Crippen MR) is 198 cm³/mol. The highest BCUT2D eigenvalue weighted by Crippen LogP contribution is 2.28. The summed E-state index contributed by atoms with van der Waals surface area (Å²) in [6.45, 7) is 33.0. The van der Waals surface area contributed by atoms with E-state index in [-0.39, 0.29) is 17.0 Å². The van der Waals surface area contributed by atoms with E-state index in [1.807, 2.05) is 58.0 Å². The molecule has 0 spiro atoms. The molecule has 0 saturated heterocycles. The van der Waals surface area contributed by atoms with Gasteiger partial charge in [0.05, 0.1) is 0 Å². The number of hydrogen-bond acceptors (Lipinski definition) is 3. The quantitative estimate of drug-likeness (QED) is 0.251. The normalized spacial score (nSPS) is 11.6. The maximum Gasteiger partial charge on any atom is 0.162 e. The summed E-state index contributed by atoms with van der Waals surface area (Å²) in [7, 11) is 0. The summed E-state index contributed by atoms with van der Waals surface area (Å²) in [5.74, 6) is 1.46. The third-order valence-corrected chi connectivity index (χ3v) is 7.12. The molecule has 0 bridgehead atoms.